The van der Waals surface area contributed by atoms with Crippen LogP contribution in [0.5, 0.6) is 0 Å². The zero-order chi connectivity index (χ0) is 24.1. The van der Waals surface area contributed by atoms with Gasteiger partial charge in [-0.1, -0.05) is 129 Å². The molecule has 4 aromatic rings. The van der Waals surface area contributed by atoms with Crippen LogP contribution in [0, 0.1) is 5.92 Å². The summed E-state index contributed by atoms with van der Waals surface area (Å²) in [5.74, 6) is 0.899. The fraction of sp³-hybridized carbons (Fsp3) is 0.235. The molecule has 0 fully saturated rings. The molecule has 2 aliphatic rings. The summed E-state index contributed by atoms with van der Waals surface area (Å²) in [7, 11) is -0.631. The van der Waals surface area contributed by atoms with Gasteiger partial charge in [-0.2, -0.15) is 0 Å². The van der Waals surface area contributed by atoms with Crippen LogP contribution in [-0.2, 0) is 6.42 Å². The molecule has 4 aromatic carbocycles. The van der Waals surface area contributed by atoms with Crippen molar-refractivity contribution in [2.24, 2.45) is 5.92 Å². The lowest BCUT2D eigenvalue weighted by Gasteiger charge is -2.28. The zero-order valence-electron chi connectivity index (χ0n) is 21.2. The topological polar surface area (TPSA) is 0 Å². The average Bonchev–Trinajstić information content (AvgIpc) is 3.46. The molecule has 35 heavy (non-hydrogen) atoms. The van der Waals surface area contributed by atoms with Crippen molar-refractivity contribution in [3.8, 4) is 22.3 Å². The fourth-order valence-corrected chi connectivity index (χ4v) is 7.53. The van der Waals surface area contributed by atoms with Crippen molar-refractivity contribution in [1.82, 2.24) is 0 Å². The monoisotopic (exact) mass is 469 g/mol. The molecule has 1 heteroatoms. The molecule has 173 valence electrons. The minimum atomic E-state index is -0.631. The maximum absolute atomic E-state index is 2.56. The van der Waals surface area contributed by atoms with Crippen molar-refractivity contribution in [1.29, 1.82) is 0 Å². The molecule has 0 saturated heterocycles. The van der Waals surface area contributed by atoms with Gasteiger partial charge in [-0.3, -0.25) is 0 Å². The van der Waals surface area contributed by atoms with E-state index < -0.39 is 8.80 Å². The summed E-state index contributed by atoms with van der Waals surface area (Å²) < 4.78 is 0. The van der Waals surface area contributed by atoms with E-state index in [1.165, 1.54) is 38.9 Å². The van der Waals surface area contributed by atoms with Crippen LogP contribution in [0.2, 0.25) is 13.1 Å². The predicted octanol–water partition coefficient (Wildman–Crippen LogP) is 8.46. The maximum Gasteiger partial charge on any atom is 0.0795 e. The van der Waals surface area contributed by atoms with Crippen molar-refractivity contribution in [2.45, 2.75) is 45.7 Å². The molecule has 1 radical (unpaired) electrons. The number of hydrogen-bond donors (Lipinski definition) is 0. The van der Waals surface area contributed by atoms with Crippen LogP contribution in [-0.4, -0.2) is 8.80 Å². The largest absolute Gasteiger partial charge is 0.0795 e. The second-order valence-electron chi connectivity index (χ2n) is 10.4. The smallest absolute Gasteiger partial charge is 0.0671 e. The van der Waals surface area contributed by atoms with E-state index in [-0.39, 0.29) is 0 Å². The Morgan fingerprint density at radius 2 is 1.54 bits per heavy atom. The summed E-state index contributed by atoms with van der Waals surface area (Å²) in [6, 6.07) is 31.8. The van der Waals surface area contributed by atoms with E-state index in [2.05, 4.69) is 118 Å². The number of fused-ring (bicyclic) bond motifs is 4. The first-order chi connectivity index (χ1) is 17.1. The van der Waals surface area contributed by atoms with Gasteiger partial charge in [-0.05, 0) is 68.8 Å². The van der Waals surface area contributed by atoms with E-state index in [0.717, 1.165) is 12.8 Å². The van der Waals surface area contributed by atoms with Crippen LogP contribution in [0.15, 0.2) is 90.5 Å². The molecule has 0 bridgehead atoms. The van der Waals surface area contributed by atoms with Crippen LogP contribution >= 0.6 is 0 Å². The second kappa shape index (κ2) is 8.81. The van der Waals surface area contributed by atoms with Gasteiger partial charge in [0, 0.05) is 5.92 Å². The van der Waals surface area contributed by atoms with Crippen LogP contribution in [0.25, 0.3) is 28.3 Å². The SMILES string of the molecule is CCC(C)C1=Cc2c(-c3ccccc3)cccc2C1c1c([Si](C)C)ccc2c1Cc1ccccc1-2. The number of allylic oxidation sites excluding steroid dienone is 1. The Kier molecular flexibility index (Phi) is 5.61. The normalized spacial score (nSPS) is 16.6. The third-order valence-corrected chi connectivity index (χ3v) is 9.73. The molecule has 2 unspecified atom stereocenters. The highest BCUT2D eigenvalue weighted by molar-refractivity contribution is 6.71. The lowest BCUT2D eigenvalue weighted by atomic mass is 9.79. The third kappa shape index (κ3) is 3.56. The lowest BCUT2D eigenvalue weighted by molar-refractivity contribution is 0.625. The van der Waals surface area contributed by atoms with Crippen molar-refractivity contribution < 1.29 is 0 Å². The predicted molar refractivity (Wildman–Crippen MR) is 153 cm³/mol. The molecule has 0 heterocycles. The lowest BCUT2D eigenvalue weighted by Crippen LogP contribution is -2.30. The summed E-state index contributed by atoms with van der Waals surface area (Å²) in [6.07, 6.45) is 4.78. The second-order valence-corrected chi connectivity index (χ2v) is 13.0. The molecule has 2 aliphatic carbocycles. The van der Waals surface area contributed by atoms with Gasteiger partial charge >= 0.3 is 0 Å². The Hall–Kier alpha value is -3.16. The van der Waals surface area contributed by atoms with E-state index >= 15 is 0 Å². The summed E-state index contributed by atoms with van der Waals surface area (Å²) in [4.78, 5) is 0. The van der Waals surface area contributed by atoms with Gasteiger partial charge in [0.2, 0.25) is 0 Å². The molecule has 0 aromatic heterocycles. The molecular weight excluding hydrogens is 436 g/mol. The van der Waals surface area contributed by atoms with E-state index in [0.29, 0.717) is 11.8 Å². The first-order valence-electron chi connectivity index (χ1n) is 13.0. The average molecular weight is 470 g/mol. The molecule has 0 amide bonds. The third-order valence-electron chi connectivity index (χ3n) is 8.22. The minimum absolute atomic E-state index is 0.350. The van der Waals surface area contributed by atoms with Crippen LogP contribution in [0.1, 0.15) is 54.0 Å². The Morgan fingerprint density at radius 3 is 2.31 bits per heavy atom. The quantitative estimate of drug-likeness (QED) is 0.226. The van der Waals surface area contributed by atoms with E-state index in [4.69, 9.17) is 0 Å². The highest BCUT2D eigenvalue weighted by Crippen LogP contribution is 2.50. The van der Waals surface area contributed by atoms with Crippen molar-refractivity contribution in [3.63, 3.8) is 0 Å². The van der Waals surface area contributed by atoms with E-state index in [1.807, 2.05) is 0 Å². The number of benzene rings is 4. The maximum atomic E-state index is 2.56. The molecule has 6 rings (SSSR count). The van der Waals surface area contributed by atoms with Crippen molar-refractivity contribution in [2.75, 3.05) is 0 Å². The van der Waals surface area contributed by atoms with Gasteiger partial charge in [0.05, 0.1) is 8.80 Å². The van der Waals surface area contributed by atoms with E-state index in [9.17, 15) is 0 Å². The van der Waals surface area contributed by atoms with Crippen molar-refractivity contribution >= 4 is 20.1 Å². The zero-order valence-corrected chi connectivity index (χ0v) is 22.2. The molecule has 0 spiro atoms. The standard InChI is InChI=1S/C34H33Si/c1-5-22(2)29-21-30-25(23-12-7-6-8-13-23)16-11-17-28(30)33(29)34-31-20-24-14-9-10-15-26(24)27(31)18-19-32(34)35(3)4/h6-19,21-22,33H,5,20H2,1-4H3. The Morgan fingerprint density at radius 1 is 0.800 bits per heavy atom. The molecule has 0 aliphatic heterocycles. The highest BCUT2D eigenvalue weighted by Gasteiger charge is 2.36. The van der Waals surface area contributed by atoms with Crippen LogP contribution in [0.3, 0.4) is 0 Å². The first-order valence-corrected chi connectivity index (χ1v) is 15.5. The molecular formula is C34H33Si. The van der Waals surface area contributed by atoms with Crippen LogP contribution in [0.4, 0.5) is 0 Å². The van der Waals surface area contributed by atoms with Gasteiger partial charge in [0.1, 0.15) is 0 Å². The van der Waals surface area contributed by atoms with Gasteiger partial charge in [-0.15, -0.1) is 0 Å². The minimum Gasteiger partial charge on any atom is -0.0671 e. The summed E-state index contributed by atoms with van der Waals surface area (Å²) in [5.41, 5.74) is 14.8. The molecule has 2 atom stereocenters. The fourth-order valence-electron chi connectivity index (χ4n) is 6.28. The Labute approximate surface area is 212 Å². The summed E-state index contributed by atoms with van der Waals surface area (Å²) >= 11 is 0. The Bertz CT molecular complexity index is 1440. The molecule has 0 N–H and O–H groups in total. The van der Waals surface area contributed by atoms with Gasteiger partial charge in [-0.25, -0.2) is 0 Å². The molecule has 0 saturated carbocycles. The van der Waals surface area contributed by atoms with Crippen LogP contribution < -0.4 is 5.19 Å². The Balaban J connectivity index is 1.62. The van der Waals surface area contributed by atoms with Gasteiger partial charge in [0.15, 0.2) is 0 Å². The number of rotatable bonds is 5. The molecule has 0 nitrogen and oxygen atoms in total. The highest BCUT2D eigenvalue weighted by atomic mass is 28.3. The van der Waals surface area contributed by atoms with E-state index in [1.54, 1.807) is 21.9 Å². The summed E-state index contributed by atoms with van der Waals surface area (Å²) in [6.45, 7) is 9.68. The first kappa shape index (κ1) is 22.3. The van der Waals surface area contributed by atoms with Gasteiger partial charge < -0.3 is 0 Å². The van der Waals surface area contributed by atoms with Crippen molar-refractivity contribution in [3.05, 3.63) is 118 Å². The number of hydrogen-bond acceptors (Lipinski definition) is 0. The van der Waals surface area contributed by atoms with Gasteiger partial charge in [0.25, 0.3) is 0 Å². The summed E-state index contributed by atoms with van der Waals surface area (Å²) in [5, 5.41) is 1.61.